The molecule has 0 saturated heterocycles. The fourth-order valence-corrected chi connectivity index (χ4v) is 3.62. The van der Waals surface area contributed by atoms with Crippen LogP contribution in [0.1, 0.15) is 35.7 Å². The molecule has 0 radical (unpaired) electrons. The predicted octanol–water partition coefficient (Wildman–Crippen LogP) is 3.13. The summed E-state index contributed by atoms with van der Waals surface area (Å²) < 4.78 is 36.8. The van der Waals surface area contributed by atoms with E-state index in [0.717, 1.165) is 0 Å². The fourth-order valence-electron chi connectivity index (χ4n) is 2.91. The Morgan fingerprint density at radius 3 is 2.43 bits per heavy atom. The number of fused-ring (bicyclic) bond motifs is 1. The number of carbonyl (C=O) groups is 2. The second kappa shape index (κ2) is 9.17. The van der Waals surface area contributed by atoms with Crippen molar-refractivity contribution < 1.29 is 27.5 Å². The average Bonchev–Trinajstić information content (AvgIpc) is 2.73. The van der Waals surface area contributed by atoms with Gasteiger partial charge in [-0.25, -0.2) is 8.42 Å². The molecular formula is C21H24N2O6S. The first-order chi connectivity index (χ1) is 14.3. The van der Waals surface area contributed by atoms with Gasteiger partial charge in [0.25, 0.3) is 0 Å². The lowest BCUT2D eigenvalue weighted by Crippen LogP contribution is -2.17. The number of hydrogen-bond donors (Lipinski definition) is 2. The second-order valence-electron chi connectivity index (χ2n) is 6.86. The average molecular weight is 432 g/mol. The molecule has 1 aliphatic rings. The van der Waals surface area contributed by atoms with E-state index in [0.29, 0.717) is 47.2 Å². The second-order valence-corrected chi connectivity index (χ2v) is 8.88. The first-order valence-electron chi connectivity index (χ1n) is 9.61. The molecule has 0 aromatic heterocycles. The van der Waals surface area contributed by atoms with Crippen molar-refractivity contribution in [3.05, 3.63) is 47.5 Å². The van der Waals surface area contributed by atoms with Gasteiger partial charge in [0.05, 0.1) is 11.4 Å². The molecule has 160 valence electrons. The number of ether oxygens (including phenoxy) is 2. The number of Topliss-reactive ketones (excluding diaryl/α,β-unsaturated/α-hetero) is 1. The summed E-state index contributed by atoms with van der Waals surface area (Å²) >= 11 is 0. The van der Waals surface area contributed by atoms with Crippen LogP contribution in [0.4, 0.5) is 11.4 Å². The first-order valence-corrected chi connectivity index (χ1v) is 11.3. The predicted molar refractivity (Wildman–Crippen MR) is 114 cm³/mol. The molecule has 2 aromatic rings. The fraction of sp³-hybridized carbons (Fsp3) is 0.333. The van der Waals surface area contributed by atoms with Gasteiger partial charge in [-0.3, -0.25) is 14.3 Å². The number of rotatable bonds is 8. The Labute approximate surface area is 175 Å². The SMILES string of the molecule is CCS(=O)(=O)Nc1ccc(NC(=O)CCC(=O)c2ccc3c(c2)OCCO3)cc1C. The lowest BCUT2D eigenvalue weighted by molar-refractivity contribution is -0.116. The van der Waals surface area contributed by atoms with E-state index in [1.165, 1.54) is 0 Å². The number of nitrogens with one attached hydrogen (secondary N) is 2. The van der Waals surface area contributed by atoms with Crippen LogP contribution in [0.2, 0.25) is 0 Å². The summed E-state index contributed by atoms with van der Waals surface area (Å²) in [5.74, 6) is 0.647. The highest BCUT2D eigenvalue weighted by Crippen LogP contribution is 2.31. The molecule has 0 spiro atoms. The monoisotopic (exact) mass is 432 g/mol. The molecule has 1 heterocycles. The lowest BCUT2D eigenvalue weighted by Gasteiger charge is -2.18. The Morgan fingerprint density at radius 2 is 1.73 bits per heavy atom. The van der Waals surface area contributed by atoms with Crippen LogP contribution in [0.3, 0.4) is 0 Å². The molecule has 2 aromatic carbocycles. The number of aryl methyl sites for hydroxylation is 1. The smallest absolute Gasteiger partial charge is 0.232 e. The van der Waals surface area contributed by atoms with Crippen molar-refractivity contribution in [2.75, 3.05) is 29.0 Å². The summed E-state index contributed by atoms with van der Waals surface area (Å²) in [4.78, 5) is 24.6. The molecule has 3 rings (SSSR count). The van der Waals surface area contributed by atoms with Crippen molar-refractivity contribution in [2.24, 2.45) is 0 Å². The molecule has 2 N–H and O–H groups in total. The van der Waals surface area contributed by atoms with E-state index in [9.17, 15) is 18.0 Å². The molecule has 0 atom stereocenters. The number of amides is 1. The summed E-state index contributed by atoms with van der Waals surface area (Å²) in [6, 6.07) is 9.87. The minimum absolute atomic E-state index is 0.0243. The summed E-state index contributed by atoms with van der Waals surface area (Å²) in [7, 11) is -3.37. The van der Waals surface area contributed by atoms with Gasteiger partial charge in [0.15, 0.2) is 17.3 Å². The van der Waals surface area contributed by atoms with Gasteiger partial charge in [0, 0.05) is 24.1 Å². The molecule has 30 heavy (non-hydrogen) atoms. The normalized spacial score (nSPS) is 12.9. The lowest BCUT2D eigenvalue weighted by atomic mass is 10.1. The van der Waals surface area contributed by atoms with E-state index < -0.39 is 10.0 Å². The van der Waals surface area contributed by atoms with Gasteiger partial charge in [0.1, 0.15) is 13.2 Å². The third-order valence-electron chi connectivity index (χ3n) is 4.60. The topological polar surface area (TPSA) is 111 Å². The van der Waals surface area contributed by atoms with Crippen molar-refractivity contribution in [3.63, 3.8) is 0 Å². The third kappa shape index (κ3) is 5.50. The van der Waals surface area contributed by atoms with Crippen LogP contribution in [0.15, 0.2) is 36.4 Å². The summed E-state index contributed by atoms with van der Waals surface area (Å²) in [5.41, 5.74) is 2.14. The van der Waals surface area contributed by atoms with Crippen LogP contribution in [0.5, 0.6) is 11.5 Å². The highest BCUT2D eigenvalue weighted by Gasteiger charge is 2.16. The quantitative estimate of drug-likeness (QED) is 0.620. The molecule has 0 saturated carbocycles. The van der Waals surface area contributed by atoms with E-state index in [-0.39, 0.29) is 30.3 Å². The van der Waals surface area contributed by atoms with Crippen LogP contribution < -0.4 is 19.5 Å². The van der Waals surface area contributed by atoms with E-state index >= 15 is 0 Å². The molecule has 9 heteroatoms. The van der Waals surface area contributed by atoms with E-state index in [1.54, 1.807) is 50.2 Å². The van der Waals surface area contributed by atoms with Crippen molar-refractivity contribution in [3.8, 4) is 11.5 Å². The minimum atomic E-state index is -3.37. The van der Waals surface area contributed by atoms with Crippen LogP contribution in [0.25, 0.3) is 0 Å². The van der Waals surface area contributed by atoms with Crippen LogP contribution >= 0.6 is 0 Å². The maximum Gasteiger partial charge on any atom is 0.232 e. The van der Waals surface area contributed by atoms with Crippen molar-refractivity contribution in [1.29, 1.82) is 0 Å². The zero-order valence-corrected chi connectivity index (χ0v) is 17.7. The van der Waals surface area contributed by atoms with Crippen LogP contribution in [-0.4, -0.2) is 39.1 Å². The van der Waals surface area contributed by atoms with E-state index in [4.69, 9.17) is 9.47 Å². The molecule has 0 fully saturated rings. The number of ketones is 1. The molecule has 8 nitrogen and oxygen atoms in total. The van der Waals surface area contributed by atoms with Gasteiger partial charge in [-0.15, -0.1) is 0 Å². The van der Waals surface area contributed by atoms with E-state index in [2.05, 4.69) is 10.0 Å². The molecule has 0 unspecified atom stereocenters. The highest BCUT2D eigenvalue weighted by molar-refractivity contribution is 7.92. The van der Waals surface area contributed by atoms with Crippen LogP contribution in [-0.2, 0) is 14.8 Å². The van der Waals surface area contributed by atoms with Gasteiger partial charge in [-0.2, -0.15) is 0 Å². The van der Waals surface area contributed by atoms with Gasteiger partial charge in [-0.1, -0.05) is 0 Å². The largest absolute Gasteiger partial charge is 0.486 e. The van der Waals surface area contributed by atoms with E-state index in [1.807, 2.05) is 0 Å². The summed E-state index contributed by atoms with van der Waals surface area (Å²) in [6.45, 7) is 4.21. The number of benzene rings is 2. The standard InChI is InChI=1S/C21H24N2O6S/c1-3-30(26,27)23-17-6-5-16(12-14(17)2)22-21(25)9-7-18(24)15-4-8-19-20(13-15)29-11-10-28-19/h4-6,8,12-13,23H,3,7,9-11H2,1-2H3,(H,22,25). The Bertz CT molecular complexity index is 1070. The Kier molecular flexibility index (Phi) is 6.61. The maximum absolute atomic E-state index is 12.4. The Morgan fingerprint density at radius 1 is 1.00 bits per heavy atom. The minimum Gasteiger partial charge on any atom is -0.486 e. The number of anilines is 2. The zero-order chi connectivity index (χ0) is 21.7. The van der Waals surface area contributed by atoms with Crippen molar-refractivity contribution >= 4 is 33.1 Å². The van der Waals surface area contributed by atoms with Crippen molar-refractivity contribution in [1.82, 2.24) is 0 Å². The van der Waals surface area contributed by atoms with Crippen molar-refractivity contribution in [2.45, 2.75) is 26.7 Å². The van der Waals surface area contributed by atoms with Gasteiger partial charge >= 0.3 is 0 Å². The summed E-state index contributed by atoms with van der Waals surface area (Å²) in [5, 5.41) is 2.73. The molecule has 1 amide bonds. The number of sulfonamides is 1. The Balaban J connectivity index is 1.55. The number of hydrogen-bond acceptors (Lipinski definition) is 6. The molecular weight excluding hydrogens is 408 g/mol. The first kappa shape index (κ1) is 21.6. The summed E-state index contributed by atoms with van der Waals surface area (Å²) in [6.07, 6.45) is 0.0788. The van der Waals surface area contributed by atoms with Gasteiger partial charge < -0.3 is 14.8 Å². The molecule has 1 aliphatic heterocycles. The maximum atomic E-state index is 12.4. The zero-order valence-electron chi connectivity index (χ0n) is 16.9. The van der Waals surface area contributed by atoms with Gasteiger partial charge in [-0.05, 0) is 55.8 Å². The Hall–Kier alpha value is -3.07. The molecule has 0 bridgehead atoms. The van der Waals surface area contributed by atoms with Gasteiger partial charge in [0.2, 0.25) is 15.9 Å². The molecule has 0 aliphatic carbocycles. The van der Waals surface area contributed by atoms with Crippen LogP contribution in [0, 0.1) is 6.92 Å². The highest BCUT2D eigenvalue weighted by atomic mass is 32.2. The number of carbonyl (C=O) groups excluding carboxylic acids is 2. The third-order valence-corrected chi connectivity index (χ3v) is 5.89.